The highest BCUT2D eigenvalue weighted by molar-refractivity contribution is 7.13. The number of aromatic nitrogens is 3. The van der Waals surface area contributed by atoms with Crippen LogP contribution in [0.25, 0.3) is 10.8 Å². The monoisotopic (exact) mass is 336 g/mol. The van der Waals surface area contributed by atoms with Crippen molar-refractivity contribution in [1.82, 2.24) is 15.2 Å². The maximum Gasteiger partial charge on any atom is 0.322 e. The van der Waals surface area contributed by atoms with Gasteiger partial charge in [-0.1, -0.05) is 22.8 Å². The quantitative estimate of drug-likeness (QED) is 0.736. The molecule has 22 heavy (non-hydrogen) atoms. The number of ether oxygens (including phenoxy) is 1. The molecule has 3 heterocycles. The van der Waals surface area contributed by atoms with Crippen LogP contribution in [-0.2, 0) is 0 Å². The first-order valence-electron chi connectivity index (χ1n) is 6.05. The number of hydrogen-bond acceptors (Lipinski definition) is 7. The number of carbonyl (C=O) groups excluding carboxylic acids is 1. The summed E-state index contributed by atoms with van der Waals surface area (Å²) in [4.78, 5) is 16.9. The number of halogens is 1. The molecule has 0 saturated carbocycles. The lowest BCUT2D eigenvalue weighted by atomic mass is 10.2. The zero-order chi connectivity index (χ0) is 15.5. The maximum atomic E-state index is 12.2. The molecule has 0 unspecified atom stereocenters. The van der Waals surface area contributed by atoms with E-state index in [-0.39, 0.29) is 16.7 Å². The van der Waals surface area contributed by atoms with Crippen LogP contribution in [-0.4, -0.2) is 28.2 Å². The normalized spacial score (nSPS) is 10.5. The molecule has 112 valence electrons. The van der Waals surface area contributed by atoms with Crippen molar-refractivity contribution in [2.75, 3.05) is 12.4 Å². The highest BCUT2D eigenvalue weighted by Crippen LogP contribution is 2.25. The van der Waals surface area contributed by atoms with Gasteiger partial charge in [0.25, 0.3) is 11.8 Å². The van der Waals surface area contributed by atoms with Crippen molar-refractivity contribution in [3.63, 3.8) is 0 Å². The third-order valence-electron chi connectivity index (χ3n) is 2.67. The summed E-state index contributed by atoms with van der Waals surface area (Å²) in [6.07, 6.45) is 1.31. The Labute approximate surface area is 133 Å². The molecule has 0 aromatic carbocycles. The summed E-state index contributed by atoms with van der Waals surface area (Å²) in [5.74, 6) is 0.157. The van der Waals surface area contributed by atoms with E-state index < -0.39 is 5.91 Å². The Morgan fingerprint density at radius 2 is 2.32 bits per heavy atom. The predicted octanol–water partition coefficient (Wildman–Crippen LogP) is 3.11. The van der Waals surface area contributed by atoms with E-state index in [9.17, 15) is 4.79 Å². The minimum atomic E-state index is -0.484. The van der Waals surface area contributed by atoms with Gasteiger partial charge in [-0.05, 0) is 11.4 Å². The smallest absolute Gasteiger partial charge is 0.322 e. The Balaban J connectivity index is 1.80. The summed E-state index contributed by atoms with van der Waals surface area (Å²) >= 11 is 7.22. The fourth-order valence-corrected chi connectivity index (χ4v) is 2.48. The number of carbonyl (C=O) groups is 1. The Bertz CT molecular complexity index is 803. The summed E-state index contributed by atoms with van der Waals surface area (Å²) in [6.45, 7) is 0. The van der Waals surface area contributed by atoms with E-state index in [0.29, 0.717) is 11.6 Å². The number of nitrogens with one attached hydrogen (secondary N) is 1. The van der Waals surface area contributed by atoms with E-state index in [0.717, 1.165) is 4.88 Å². The molecule has 0 fully saturated rings. The van der Waals surface area contributed by atoms with Crippen LogP contribution in [0.3, 0.4) is 0 Å². The fraction of sp³-hybridized carbons (Fsp3) is 0.0769. The van der Waals surface area contributed by atoms with Crippen LogP contribution in [0.15, 0.2) is 34.2 Å². The Morgan fingerprint density at radius 3 is 3.05 bits per heavy atom. The minimum Gasteiger partial charge on any atom is -0.496 e. The van der Waals surface area contributed by atoms with Crippen LogP contribution in [0.1, 0.15) is 10.4 Å². The van der Waals surface area contributed by atoms with Crippen molar-refractivity contribution in [3.8, 4) is 16.5 Å². The van der Waals surface area contributed by atoms with Crippen molar-refractivity contribution in [2.45, 2.75) is 0 Å². The van der Waals surface area contributed by atoms with Gasteiger partial charge in [0.2, 0.25) is 0 Å². The molecular formula is C13H9ClN4O3S. The van der Waals surface area contributed by atoms with E-state index in [2.05, 4.69) is 20.5 Å². The molecule has 0 radical (unpaired) electrons. The second kappa shape index (κ2) is 6.12. The molecule has 3 aromatic heterocycles. The number of thiophene rings is 1. The van der Waals surface area contributed by atoms with Gasteiger partial charge >= 0.3 is 6.01 Å². The van der Waals surface area contributed by atoms with Gasteiger partial charge in [-0.2, -0.15) is 0 Å². The molecule has 3 aromatic rings. The van der Waals surface area contributed by atoms with E-state index in [1.165, 1.54) is 30.7 Å². The molecule has 0 bridgehead atoms. The number of hydrogen-bond donors (Lipinski definition) is 1. The van der Waals surface area contributed by atoms with Crippen molar-refractivity contribution in [3.05, 3.63) is 40.5 Å². The SMILES string of the molecule is COc1cc(Cl)ncc1C(=O)Nc1nnc(-c2cccs2)o1. The summed E-state index contributed by atoms with van der Waals surface area (Å²) in [7, 11) is 1.43. The van der Waals surface area contributed by atoms with Gasteiger partial charge in [0.1, 0.15) is 16.5 Å². The van der Waals surface area contributed by atoms with Gasteiger partial charge in [0.15, 0.2) is 0 Å². The zero-order valence-electron chi connectivity index (χ0n) is 11.2. The highest BCUT2D eigenvalue weighted by Gasteiger charge is 2.17. The van der Waals surface area contributed by atoms with Gasteiger partial charge in [-0.15, -0.1) is 16.4 Å². The molecule has 3 rings (SSSR count). The van der Waals surface area contributed by atoms with E-state index in [1.54, 1.807) is 0 Å². The molecule has 0 aliphatic carbocycles. The van der Waals surface area contributed by atoms with Gasteiger partial charge in [0, 0.05) is 12.3 Å². The number of amides is 1. The highest BCUT2D eigenvalue weighted by atomic mass is 35.5. The van der Waals surface area contributed by atoms with Crippen molar-refractivity contribution < 1.29 is 13.9 Å². The number of methoxy groups -OCH3 is 1. The Kier molecular flexibility index (Phi) is 4.03. The van der Waals surface area contributed by atoms with Gasteiger partial charge in [-0.25, -0.2) is 4.98 Å². The second-order valence-electron chi connectivity index (χ2n) is 4.05. The zero-order valence-corrected chi connectivity index (χ0v) is 12.8. The van der Waals surface area contributed by atoms with Crippen LogP contribution < -0.4 is 10.1 Å². The third kappa shape index (κ3) is 2.92. The average molecular weight is 337 g/mol. The van der Waals surface area contributed by atoms with Crippen molar-refractivity contribution in [2.24, 2.45) is 0 Å². The minimum absolute atomic E-state index is 0.00889. The summed E-state index contributed by atoms with van der Waals surface area (Å²) in [6, 6.07) is 5.15. The van der Waals surface area contributed by atoms with Gasteiger partial charge < -0.3 is 9.15 Å². The number of anilines is 1. The lowest BCUT2D eigenvalue weighted by Gasteiger charge is -2.06. The first-order valence-corrected chi connectivity index (χ1v) is 7.31. The number of rotatable bonds is 4. The first kappa shape index (κ1) is 14.5. The van der Waals surface area contributed by atoms with E-state index >= 15 is 0 Å². The summed E-state index contributed by atoms with van der Waals surface area (Å²) in [5.41, 5.74) is 0.211. The van der Waals surface area contributed by atoms with Crippen LogP contribution in [0.2, 0.25) is 5.15 Å². The third-order valence-corrected chi connectivity index (χ3v) is 3.74. The van der Waals surface area contributed by atoms with Crippen molar-refractivity contribution in [1.29, 1.82) is 0 Å². The molecule has 0 aliphatic rings. The van der Waals surface area contributed by atoms with Crippen LogP contribution in [0.4, 0.5) is 6.01 Å². The second-order valence-corrected chi connectivity index (χ2v) is 5.39. The number of nitrogens with zero attached hydrogens (tertiary/aromatic N) is 3. The molecule has 1 amide bonds. The molecule has 9 heteroatoms. The lowest BCUT2D eigenvalue weighted by molar-refractivity contribution is 0.102. The topological polar surface area (TPSA) is 90.1 Å². The molecule has 0 aliphatic heterocycles. The van der Waals surface area contributed by atoms with Crippen LogP contribution in [0, 0.1) is 0 Å². The maximum absolute atomic E-state index is 12.2. The molecule has 0 saturated heterocycles. The summed E-state index contributed by atoms with van der Waals surface area (Å²) < 4.78 is 10.5. The van der Waals surface area contributed by atoms with Crippen molar-refractivity contribution >= 4 is 34.9 Å². The molecule has 7 nitrogen and oxygen atoms in total. The first-order chi connectivity index (χ1) is 10.7. The molecular weight excluding hydrogens is 328 g/mol. The largest absolute Gasteiger partial charge is 0.496 e. The molecule has 0 atom stereocenters. The van der Waals surface area contributed by atoms with E-state index in [4.69, 9.17) is 20.8 Å². The van der Waals surface area contributed by atoms with E-state index in [1.807, 2.05) is 17.5 Å². The standard InChI is InChI=1S/C13H9ClN4O3S/c1-20-8-5-10(14)15-6-7(8)11(19)16-13-18-17-12(21-13)9-3-2-4-22-9/h2-6H,1H3,(H,16,18,19). The predicted molar refractivity (Wildman–Crippen MR) is 81.4 cm³/mol. The lowest BCUT2D eigenvalue weighted by Crippen LogP contribution is -2.13. The average Bonchev–Trinajstić information content (AvgIpc) is 3.17. The Hall–Kier alpha value is -2.45. The van der Waals surface area contributed by atoms with Crippen LogP contribution >= 0.6 is 22.9 Å². The van der Waals surface area contributed by atoms with Crippen LogP contribution in [0.5, 0.6) is 5.75 Å². The molecule has 0 spiro atoms. The summed E-state index contributed by atoms with van der Waals surface area (Å²) in [5, 5.41) is 12.3. The fourth-order valence-electron chi connectivity index (χ4n) is 1.69. The number of pyridine rings is 1. The molecule has 1 N–H and O–H groups in total. The van der Waals surface area contributed by atoms with Gasteiger partial charge in [-0.3, -0.25) is 10.1 Å². The van der Waals surface area contributed by atoms with Gasteiger partial charge in [0.05, 0.1) is 12.0 Å². The Morgan fingerprint density at radius 1 is 1.45 bits per heavy atom.